The second kappa shape index (κ2) is 4.17. The fraction of sp³-hybridized carbons (Fsp3) is 1.00. The molecule has 14 heavy (non-hydrogen) atoms. The molecule has 0 aromatic heterocycles. The standard InChI is InChI=1S/C11H23N3/c1-11(4-6-13-9-11)14(2)8-10-3-5-12-7-10/h10,12-13H,3-9H2,1-2H3. The Morgan fingerprint density at radius 3 is 2.79 bits per heavy atom. The van der Waals surface area contributed by atoms with E-state index in [1.807, 2.05) is 0 Å². The molecule has 82 valence electrons. The molecule has 2 aliphatic rings. The van der Waals surface area contributed by atoms with Crippen LogP contribution in [0, 0.1) is 5.92 Å². The molecule has 0 amide bonds. The molecule has 2 unspecified atom stereocenters. The van der Waals surface area contributed by atoms with Crippen molar-refractivity contribution in [2.24, 2.45) is 5.92 Å². The van der Waals surface area contributed by atoms with Gasteiger partial charge in [0.15, 0.2) is 0 Å². The number of hydrogen-bond donors (Lipinski definition) is 2. The first-order valence-electron chi connectivity index (χ1n) is 5.83. The maximum atomic E-state index is 3.46. The van der Waals surface area contributed by atoms with Gasteiger partial charge >= 0.3 is 0 Å². The molecule has 0 spiro atoms. The smallest absolute Gasteiger partial charge is 0.0314 e. The number of likely N-dealkylation sites (N-methyl/N-ethyl adjacent to an activating group) is 1. The van der Waals surface area contributed by atoms with Gasteiger partial charge in [0.2, 0.25) is 0 Å². The van der Waals surface area contributed by atoms with Crippen LogP contribution in [0.2, 0.25) is 0 Å². The van der Waals surface area contributed by atoms with E-state index in [1.165, 1.54) is 39.0 Å². The minimum Gasteiger partial charge on any atom is -0.316 e. The van der Waals surface area contributed by atoms with Crippen LogP contribution in [0.1, 0.15) is 19.8 Å². The van der Waals surface area contributed by atoms with Crippen LogP contribution >= 0.6 is 0 Å². The van der Waals surface area contributed by atoms with Crippen molar-refractivity contribution >= 4 is 0 Å². The lowest BCUT2D eigenvalue weighted by Gasteiger charge is -2.36. The average Bonchev–Trinajstić information content (AvgIpc) is 2.76. The summed E-state index contributed by atoms with van der Waals surface area (Å²) in [6, 6.07) is 0. The van der Waals surface area contributed by atoms with Crippen LogP contribution in [0.4, 0.5) is 0 Å². The van der Waals surface area contributed by atoms with E-state index in [0.717, 1.165) is 12.5 Å². The second-order valence-electron chi connectivity index (χ2n) is 5.16. The molecule has 2 atom stereocenters. The molecule has 0 saturated carbocycles. The maximum Gasteiger partial charge on any atom is 0.0314 e. The van der Waals surface area contributed by atoms with Gasteiger partial charge < -0.3 is 10.6 Å². The highest BCUT2D eigenvalue weighted by Crippen LogP contribution is 2.23. The van der Waals surface area contributed by atoms with E-state index < -0.39 is 0 Å². The zero-order chi connectivity index (χ0) is 10.0. The van der Waals surface area contributed by atoms with Crippen molar-refractivity contribution in [3.05, 3.63) is 0 Å². The van der Waals surface area contributed by atoms with Crippen molar-refractivity contribution in [1.29, 1.82) is 0 Å². The van der Waals surface area contributed by atoms with E-state index in [0.29, 0.717) is 5.54 Å². The summed E-state index contributed by atoms with van der Waals surface area (Å²) in [7, 11) is 2.28. The normalized spacial score (nSPS) is 38.4. The van der Waals surface area contributed by atoms with E-state index in [1.54, 1.807) is 0 Å². The molecule has 2 heterocycles. The fourth-order valence-electron chi connectivity index (χ4n) is 2.61. The molecule has 3 nitrogen and oxygen atoms in total. The Morgan fingerprint density at radius 1 is 1.36 bits per heavy atom. The Bertz CT molecular complexity index is 181. The number of hydrogen-bond acceptors (Lipinski definition) is 3. The first-order valence-corrected chi connectivity index (χ1v) is 5.83. The van der Waals surface area contributed by atoms with Gasteiger partial charge in [-0.1, -0.05) is 0 Å². The lowest BCUT2D eigenvalue weighted by molar-refractivity contribution is 0.136. The summed E-state index contributed by atoms with van der Waals surface area (Å²) in [5.41, 5.74) is 0.405. The van der Waals surface area contributed by atoms with Crippen LogP contribution < -0.4 is 10.6 Å². The Kier molecular flexibility index (Phi) is 3.10. The molecule has 0 bridgehead atoms. The molecular weight excluding hydrogens is 174 g/mol. The number of nitrogens with zero attached hydrogens (tertiary/aromatic N) is 1. The zero-order valence-electron chi connectivity index (χ0n) is 9.47. The van der Waals surface area contributed by atoms with Gasteiger partial charge in [-0.05, 0) is 52.4 Å². The molecule has 2 rings (SSSR count). The predicted molar refractivity (Wildman–Crippen MR) is 59.5 cm³/mol. The molecule has 2 N–H and O–H groups in total. The molecule has 3 heteroatoms. The number of rotatable bonds is 3. The molecule has 0 radical (unpaired) electrons. The Labute approximate surface area is 87.2 Å². The summed E-state index contributed by atoms with van der Waals surface area (Å²) in [5.74, 6) is 0.873. The third-order valence-corrected chi connectivity index (χ3v) is 3.96. The SMILES string of the molecule is CN(CC1CCNC1)C1(C)CCNC1. The van der Waals surface area contributed by atoms with Crippen LogP contribution in [-0.2, 0) is 0 Å². The molecule has 2 aliphatic heterocycles. The van der Waals surface area contributed by atoms with E-state index in [-0.39, 0.29) is 0 Å². The van der Waals surface area contributed by atoms with Crippen molar-refractivity contribution in [2.75, 3.05) is 39.8 Å². The highest BCUT2D eigenvalue weighted by atomic mass is 15.2. The van der Waals surface area contributed by atoms with Crippen molar-refractivity contribution in [1.82, 2.24) is 15.5 Å². The first-order chi connectivity index (χ1) is 6.71. The first kappa shape index (κ1) is 10.4. The molecule has 0 aliphatic carbocycles. The van der Waals surface area contributed by atoms with Crippen molar-refractivity contribution in [2.45, 2.75) is 25.3 Å². The monoisotopic (exact) mass is 197 g/mol. The predicted octanol–water partition coefficient (Wildman–Crippen LogP) is 0.280. The van der Waals surface area contributed by atoms with E-state index in [4.69, 9.17) is 0 Å². The van der Waals surface area contributed by atoms with Gasteiger partial charge in [0.05, 0.1) is 0 Å². The average molecular weight is 197 g/mol. The Hall–Kier alpha value is -0.120. The Morgan fingerprint density at radius 2 is 2.21 bits per heavy atom. The van der Waals surface area contributed by atoms with Crippen LogP contribution in [0.15, 0.2) is 0 Å². The van der Waals surface area contributed by atoms with Crippen LogP contribution in [0.25, 0.3) is 0 Å². The van der Waals surface area contributed by atoms with E-state index in [9.17, 15) is 0 Å². The summed E-state index contributed by atoms with van der Waals surface area (Å²) >= 11 is 0. The Balaban J connectivity index is 1.84. The largest absolute Gasteiger partial charge is 0.316 e. The van der Waals surface area contributed by atoms with Gasteiger partial charge in [0, 0.05) is 18.6 Å². The summed E-state index contributed by atoms with van der Waals surface area (Å²) < 4.78 is 0. The summed E-state index contributed by atoms with van der Waals surface area (Å²) in [5, 5.41) is 6.90. The lowest BCUT2D eigenvalue weighted by Crippen LogP contribution is -2.47. The van der Waals surface area contributed by atoms with Gasteiger partial charge in [-0.3, -0.25) is 4.90 Å². The molecule has 2 saturated heterocycles. The highest BCUT2D eigenvalue weighted by Gasteiger charge is 2.33. The van der Waals surface area contributed by atoms with Gasteiger partial charge in [-0.25, -0.2) is 0 Å². The van der Waals surface area contributed by atoms with Crippen LogP contribution in [0.5, 0.6) is 0 Å². The van der Waals surface area contributed by atoms with Crippen molar-refractivity contribution in [3.8, 4) is 0 Å². The second-order valence-corrected chi connectivity index (χ2v) is 5.16. The fourth-order valence-corrected chi connectivity index (χ4v) is 2.61. The molecule has 2 fully saturated rings. The minimum atomic E-state index is 0.405. The minimum absolute atomic E-state index is 0.405. The summed E-state index contributed by atoms with van der Waals surface area (Å²) in [6.07, 6.45) is 2.65. The maximum absolute atomic E-state index is 3.46. The van der Waals surface area contributed by atoms with Gasteiger partial charge in [-0.2, -0.15) is 0 Å². The lowest BCUT2D eigenvalue weighted by atomic mass is 9.97. The molecule has 0 aromatic rings. The third kappa shape index (κ3) is 2.10. The van der Waals surface area contributed by atoms with Gasteiger partial charge in [0.1, 0.15) is 0 Å². The van der Waals surface area contributed by atoms with Gasteiger partial charge in [-0.15, -0.1) is 0 Å². The number of nitrogens with one attached hydrogen (secondary N) is 2. The topological polar surface area (TPSA) is 27.3 Å². The van der Waals surface area contributed by atoms with Crippen LogP contribution in [-0.4, -0.2) is 50.2 Å². The molecule has 0 aromatic carbocycles. The quantitative estimate of drug-likeness (QED) is 0.680. The third-order valence-electron chi connectivity index (χ3n) is 3.96. The van der Waals surface area contributed by atoms with Gasteiger partial charge in [0.25, 0.3) is 0 Å². The summed E-state index contributed by atoms with van der Waals surface area (Å²) in [4.78, 5) is 2.56. The summed E-state index contributed by atoms with van der Waals surface area (Å²) in [6.45, 7) is 8.41. The zero-order valence-corrected chi connectivity index (χ0v) is 9.47. The van der Waals surface area contributed by atoms with E-state index >= 15 is 0 Å². The highest BCUT2D eigenvalue weighted by molar-refractivity contribution is 4.93. The molecular formula is C11H23N3. The van der Waals surface area contributed by atoms with Crippen molar-refractivity contribution < 1.29 is 0 Å². The van der Waals surface area contributed by atoms with Crippen LogP contribution in [0.3, 0.4) is 0 Å². The van der Waals surface area contributed by atoms with Crippen molar-refractivity contribution in [3.63, 3.8) is 0 Å². The van der Waals surface area contributed by atoms with E-state index in [2.05, 4.69) is 29.5 Å².